The van der Waals surface area contributed by atoms with Gasteiger partial charge in [0.05, 0.1) is 23.7 Å². The van der Waals surface area contributed by atoms with Crippen LogP contribution in [0.5, 0.6) is 5.88 Å². The number of ether oxygens (including phenoxy) is 1. The number of nitrogens with one attached hydrogen (secondary N) is 1. The fourth-order valence-corrected chi connectivity index (χ4v) is 2.81. The topological polar surface area (TPSA) is 50.8 Å². The molecule has 27 heavy (non-hydrogen) atoms. The summed E-state index contributed by atoms with van der Waals surface area (Å²) in [5.41, 5.74) is 2.80. The van der Waals surface area contributed by atoms with Gasteiger partial charge in [-0.2, -0.15) is 13.2 Å². The Morgan fingerprint density at radius 2 is 1.59 bits per heavy atom. The van der Waals surface area contributed by atoms with Crippen molar-refractivity contribution in [2.45, 2.75) is 6.18 Å². The van der Waals surface area contributed by atoms with Crippen LogP contribution in [-0.2, 0) is 6.18 Å². The van der Waals surface area contributed by atoms with Gasteiger partial charge >= 0.3 is 6.18 Å². The molecule has 2 heterocycles. The molecule has 0 aliphatic rings. The van der Waals surface area contributed by atoms with Gasteiger partial charge in [0.25, 0.3) is 0 Å². The fraction of sp³-hybridized carbons (Fsp3) is 0.100. The maximum atomic E-state index is 12.8. The number of hydrogen-bond donors (Lipinski definition) is 1. The number of halogens is 3. The van der Waals surface area contributed by atoms with Crippen LogP contribution in [0.1, 0.15) is 5.56 Å². The minimum Gasteiger partial charge on any atom is -0.481 e. The van der Waals surface area contributed by atoms with E-state index in [4.69, 9.17) is 4.74 Å². The van der Waals surface area contributed by atoms with E-state index in [9.17, 15) is 13.2 Å². The normalized spacial score (nSPS) is 11.7. The smallest absolute Gasteiger partial charge is 0.416 e. The van der Waals surface area contributed by atoms with Crippen LogP contribution in [0.15, 0.2) is 60.8 Å². The first kappa shape index (κ1) is 17.1. The first-order chi connectivity index (χ1) is 12.9. The predicted octanol–water partition coefficient (Wildman–Crippen LogP) is 5.32. The highest BCUT2D eigenvalue weighted by atomic mass is 19.4. The Morgan fingerprint density at radius 1 is 0.889 bits per heavy atom. The van der Waals surface area contributed by atoms with Gasteiger partial charge in [0.2, 0.25) is 5.88 Å². The molecule has 4 nitrogen and oxygen atoms in total. The largest absolute Gasteiger partial charge is 0.481 e. The molecule has 4 rings (SSSR count). The van der Waals surface area contributed by atoms with E-state index in [0.29, 0.717) is 17.2 Å². The van der Waals surface area contributed by atoms with Crippen LogP contribution in [0.2, 0.25) is 0 Å². The minimum absolute atomic E-state index is 0.281. The van der Waals surface area contributed by atoms with Gasteiger partial charge < -0.3 is 9.72 Å². The standard InChI is InChI=1S/C20H14F3N3O/c1-27-18-9-6-14(11-24-18)12-2-4-13(5-3-12)19-25-16-8-7-15(20(21,22)23)10-17(16)26-19/h2-11H,1H3,(H,25,26). The molecule has 0 atom stereocenters. The molecule has 1 N–H and O–H groups in total. The monoisotopic (exact) mass is 369 g/mol. The fourth-order valence-electron chi connectivity index (χ4n) is 2.81. The number of aromatic nitrogens is 3. The summed E-state index contributed by atoms with van der Waals surface area (Å²) in [5, 5.41) is 0. The summed E-state index contributed by atoms with van der Waals surface area (Å²) >= 11 is 0. The molecule has 136 valence electrons. The molecule has 0 bridgehead atoms. The van der Waals surface area contributed by atoms with Crippen LogP contribution in [0.25, 0.3) is 33.5 Å². The van der Waals surface area contributed by atoms with Crippen molar-refractivity contribution in [3.8, 4) is 28.4 Å². The molecule has 7 heteroatoms. The van der Waals surface area contributed by atoms with Crippen molar-refractivity contribution in [1.29, 1.82) is 0 Å². The molecule has 0 spiro atoms. The highest BCUT2D eigenvalue weighted by Crippen LogP contribution is 2.32. The Bertz CT molecular complexity index is 1080. The molecule has 0 aliphatic carbocycles. The number of benzene rings is 2. The summed E-state index contributed by atoms with van der Waals surface area (Å²) in [6.07, 6.45) is -2.67. The van der Waals surface area contributed by atoms with E-state index in [1.54, 1.807) is 19.4 Å². The van der Waals surface area contributed by atoms with Crippen molar-refractivity contribution in [2.75, 3.05) is 7.11 Å². The Kier molecular flexibility index (Phi) is 4.07. The number of fused-ring (bicyclic) bond motifs is 1. The van der Waals surface area contributed by atoms with Gasteiger partial charge in [-0.15, -0.1) is 0 Å². The van der Waals surface area contributed by atoms with Gasteiger partial charge in [0.15, 0.2) is 0 Å². The molecule has 4 aromatic rings. The zero-order valence-corrected chi connectivity index (χ0v) is 14.2. The van der Waals surface area contributed by atoms with Crippen molar-refractivity contribution in [3.05, 3.63) is 66.4 Å². The third kappa shape index (κ3) is 3.36. The van der Waals surface area contributed by atoms with E-state index < -0.39 is 11.7 Å². The third-order valence-electron chi connectivity index (χ3n) is 4.25. The summed E-state index contributed by atoms with van der Waals surface area (Å²) in [7, 11) is 1.56. The summed E-state index contributed by atoms with van der Waals surface area (Å²) < 4.78 is 43.6. The van der Waals surface area contributed by atoms with Crippen molar-refractivity contribution >= 4 is 11.0 Å². The van der Waals surface area contributed by atoms with Crippen LogP contribution < -0.4 is 4.74 Å². The second-order valence-corrected chi connectivity index (χ2v) is 5.98. The third-order valence-corrected chi connectivity index (χ3v) is 4.25. The van der Waals surface area contributed by atoms with Crippen LogP contribution in [0, 0.1) is 0 Å². The lowest BCUT2D eigenvalue weighted by Crippen LogP contribution is -2.04. The second-order valence-electron chi connectivity index (χ2n) is 5.98. The second kappa shape index (κ2) is 6.42. The molecular formula is C20H14F3N3O. The van der Waals surface area contributed by atoms with Crippen LogP contribution in [0.3, 0.4) is 0 Å². The Labute approximate surface area is 152 Å². The molecule has 0 saturated heterocycles. The van der Waals surface area contributed by atoms with Gasteiger partial charge in [0, 0.05) is 23.4 Å². The van der Waals surface area contributed by atoms with E-state index in [0.717, 1.165) is 28.8 Å². The van der Waals surface area contributed by atoms with Gasteiger partial charge in [-0.25, -0.2) is 9.97 Å². The SMILES string of the molecule is COc1ccc(-c2ccc(-c3nc4cc(C(F)(F)F)ccc4[nH]3)cc2)cn1. The summed E-state index contributed by atoms with van der Waals surface area (Å²) in [6.45, 7) is 0. The number of pyridine rings is 1. The summed E-state index contributed by atoms with van der Waals surface area (Å²) in [6, 6.07) is 14.7. The average molecular weight is 369 g/mol. The first-order valence-corrected chi connectivity index (χ1v) is 8.12. The van der Waals surface area contributed by atoms with Crippen molar-refractivity contribution in [2.24, 2.45) is 0 Å². The van der Waals surface area contributed by atoms with Gasteiger partial charge in [-0.1, -0.05) is 24.3 Å². The first-order valence-electron chi connectivity index (χ1n) is 8.12. The number of H-pyrrole nitrogens is 1. The number of hydrogen-bond acceptors (Lipinski definition) is 3. The highest BCUT2D eigenvalue weighted by molar-refractivity contribution is 5.80. The number of methoxy groups -OCH3 is 1. The average Bonchev–Trinajstić information content (AvgIpc) is 3.11. The maximum Gasteiger partial charge on any atom is 0.416 e. The van der Waals surface area contributed by atoms with Crippen LogP contribution in [0.4, 0.5) is 13.2 Å². The lowest BCUT2D eigenvalue weighted by Gasteiger charge is -2.04. The van der Waals surface area contributed by atoms with E-state index in [2.05, 4.69) is 15.0 Å². The van der Waals surface area contributed by atoms with Crippen LogP contribution >= 0.6 is 0 Å². The summed E-state index contributed by atoms with van der Waals surface area (Å²) in [4.78, 5) is 11.5. The number of alkyl halides is 3. The molecule has 0 radical (unpaired) electrons. The molecule has 0 amide bonds. The van der Waals surface area contributed by atoms with Crippen molar-refractivity contribution in [1.82, 2.24) is 15.0 Å². The zero-order valence-electron chi connectivity index (χ0n) is 14.2. The Morgan fingerprint density at radius 3 is 2.22 bits per heavy atom. The number of imidazole rings is 1. The molecule has 0 unspecified atom stereocenters. The lowest BCUT2D eigenvalue weighted by molar-refractivity contribution is -0.137. The molecule has 2 aromatic heterocycles. The minimum atomic E-state index is -4.39. The van der Waals surface area contributed by atoms with E-state index in [1.807, 2.05) is 30.3 Å². The number of aromatic amines is 1. The van der Waals surface area contributed by atoms with Crippen molar-refractivity contribution in [3.63, 3.8) is 0 Å². The summed E-state index contributed by atoms with van der Waals surface area (Å²) in [5.74, 6) is 1.06. The van der Waals surface area contributed by atoms with Gasteiger partial charge in [-0.05, 0) is 29.8 Å². The molecular weight excluding hydrogens is 355 g/mol. The highest BCUT2D eigenvalue weighted by Gasteiger charge is 2.30. The predicted molar refractivity (Wildman–Crippen MR) is 96.3 cm³/mol. The van der Waals surface area contributed by atoms with E-state index in [-0.39, 0.29) is 5.52 Å². The zero-order chi connectivity index (χ0) is 19.0. The number of rotatable bonds is 3. The maximum absolute atomic E-state index is 12.8. The molecule has 0 saturated carbocycles. The van der Waals surface area contributed by atoms with Crippen molar-refractivity contribution < 1.29 is 17.9 Å². The van der Waals surface area contributed by atoms with E-state index in [1.165, 1.54) is 6.07 Å². The van der Waals surface area contributed by atoms with E-state index >= 15 is 0 Å². The van der Waals surface area contributed by atoms with Gasteiger partial charge in [0.1, 0.15) is 5.82 Å². The lowest BCUT2D eigenvalue weighted by atomic mass is 10.1. The quantitative estimate of drug-likeness (QED) is 0.532. The van der Waals surface area contributed by atoms with Gasteiger partial charge in [-0.3, -0.25) is 0 Å². The number of nitrogens with zero attached hydrogens (tertiary/aromatic N) is 2. The molecule has 0 fully saturated rings. The Balaban J connectivity index is 1.65. The molecule has 2 aromatic carbocycles. The van der Waals surface area contributed by atoms with Crippen LogP contribution in [-0.4, -0.2) is 22.1 Å². The Hall–Kier alpha value is -3.35. The molecule has 0 aliphatic heterocycles.